The molecule has 2 aliphatic rings. The molecule has 2 aromatic carbocycles. The molecule has 0 fully saturated rings. The molecule has 3 heteroatoms. The maximum atomic E-state index is 11.9. The van der Waals surface area contributed by atoms with Gasteiger partial charge < -0.3 is 0 Å². The van der Waals surface area contributed by atoms with E-state index in [4.69, 9.17) is 0 Å². The topological polar surface area (TPSA) is 37.4 Å². The number of hydrogen-bond donors (Lipinski definition) is 0. The molecule has 1 aliphatic heterocycles. The van der Waals surface area contributed by atoms with Gasteiger partial charge in [-0.2, -0.15) is 0 Å². The molecule has 1 heterocycles. The van der Waals surface area contributed by atoms with E-state index < -0.39 is 0 Å². The van der Waals surface area contributed by atoms with Crippen molar-refractivity contribution in [3.63, 3.8) is 0 Å². The van der Waals surface area contributed by atoms with Crippen LogP contribution in [0.1, 0.15) is 43.9 Å². The molecule has 0 saturated heterocycles. The SMILES string of the molecule is CC1(C)CC(C)(c2ccc(N3C(=O)C=CC3=O)cc2)c2ccccc21. The summed E-state index contributed by atoms with van der Waals surface area (Å²) in [5.74, 6) is -0.562. The minimum Gasteiger partial charge on any atom is -0.269 e. The molecule has 0 aromatic heterocycles. The van der Waals surface area contributed by atoms with E-state index in [0.29, 0.717) is 5.69 Å². The van der Waals surface area contributed by atoms with Crippen LogP contribution >= 0.6 is 0 Å². The number of fused-ring (bicyclic) bond motifs is 1. The van der Waals surface area contributed by atoms with Crippen molar-refractivity contribution < 1.29 is 9.59 Å². The van der Waals surface area contributed by atoms with Crippen molar-refractivity contribution in [1.82, 2.24) is 0 Å². The van der Waals surface area contributed by atoms with E-state index in [1.54, 1.807) is 0 Å². The molecule has 0 spiro atoms. The molecule has 0 bridgehead atoms. The summed E-state index contributed by atoms with van der Waals surface area (Å²) in [6.45, 7) is 6.86. The third-order valence-corrected chi connectivity index (χ3v) is 5.62. The zero-order chi connectivity index (χ0) is 17.8. The van der Waals surface area contributed by atoms with Gasteiger partial charge in [0.2, 0.25) is 0 Å². The summed E-state index contributed by atoms with van der Waals surface area (Å²) < 4.78 is 0. The monoisotopic (exact) mass is 331 g/mol. The number of nitrogens with zero attached hydrogens (tertiary/aromatic N) is 1. The largest absolute Gasteiger partial charge is 0.269 e. The van der Waals surface area contributed by atoms with Crippen LogP contribution in [0.2, 0.25) is 0 Å². The van der Waals surface area contributed by atoms with Crippen molar-refractivity contribution >= 4 is 17.5 Å². The zero-order valence-electron chi connectivity index (χ0n) is 14.7. The van der Waals surface area contributed by atoms with Gasteiger partial charge in [-0.3, -0.25) is 9.59 Å². The molecule has 1 unspecified atom stereocenters. The van der Waals surface area contributed by atoms with Gasteiger partial charge in [-0.15, -0.1) is 0 Å². The normalized spacial score (nSPS) is 24.0. The van der Waals surface area contributed by atoms with Crippen LogP contribution < -0.4 is 4.90 Å². The molecule has 0 N–H and O–H groups in total. The highest BCUT2D eigenvalue weighted by molar-refractivity contribution is 6.28. The molecule has 0 saturated carbocycles. The van der Waals surface area contributed by atoms with Gasteiger partial charge in [0, 0.05) is 17.6 Å². The second-order valence-corrected chi connectivity index (χ2v) is 7.83. The van der Waals surface area contributed by atoms with E-state index in [2.05, 4.69) is 45.0 Å². The van der Waals surface area contributed by atoms with Crippen LogP contribution in [0.15, 0.2) is 60.7 Å². The first-order valence-corrected chi connectivity index (χ1v) is 8.60. The van der Waals surface area contributed by atoms with Gasteiger partial charge in [-0.25, -0.2) is 4.90 Å². The van der Waals surface area contributed by atoms with Crippen molar-refractivity contribution in [2.45, 2.75) is 38.0 Å². The van der Waals surface area contributed by atoms with E-state index in [-0.39, 0.29) is 22.6 Å². The van der Waals surface area contributed by atoms with E-state index in [9.17, 15) is 9.59 Å². The summed E-state index contributed by atoms with van der Waals surface area (Å²) in [6, 6.07) is 16.5. The lowest BCUT2D eigenvalue weighted by Crippen LogP contribution is -2.29. The zero-order valence-corrected chi connectivity index (χ0v) is 14.7. The van der Waals surface area contributed by atoms with Gasteiger partial charge in [0.1, 0.15) is 0 Å². The van der Waals surface area contributed by atoms with Gasteiger partial charge in [0.15, 0.2) is 0 Å². The lowest BCUT2D eigenvalue weighted by molar-refractivity contribution is -0.119. The fourth-order valence-electron chi connectivity index (χ4n) is 4.52. The smallest absolute Gasteiger partial charge is 0.258 e. The Bertz CT molecular complexity index is 890. The molecule has 1 atom stereocenters. The van der Waals surface area contributed by atoms with E-state index in [1.165, 1.54) is 33.7 Å². The number of rotatable bonds is 2. The van der Waals surface area contributed by atoms with Gasteiger partial charge in [0.25, 0.3) is 11.8 Å². The number of hydrogen-bond acceptors (Lipinski definition) is 2. The maximum absolute atomic E-state index is 11.9. The Morgan fingerprint density at radius 1 is 0.800 bits per heavy atom. The Morgan fingerprint density at radius 3 is 1.96 bits per heavy atom. The standard InChI is InChI=1S/C22H21NO2/c1-21(2)14-22(3,18-7-5-4-6-17(18)21)15-8-10-16(11-9-15)23-19(24)12-13-20(23)25/h4-13H,14H2,1-3H3. The van der Waals surface area contributed by atoms with Gasteiger partial charge in [-0.05, 0) is 40.7 Å². The van der Waals surface area contributed by atoms with Crippen molar-refractivity contribution in [3.8, 4) is 0 Å². The van der Waals surface area contributed by atoms with Crippen LogP contribution in [0.3, 0.4) is 0 Å². The summed E-state index contributed by atoms with van der Waals surface area (Å²) in [4.78, 5) is 24.9. The molecule has 0 radical (unpaired) electrons. The van der Waals surface area contributed by atoms with Gasteiger partial charge >= 0.3 is 0 Å². The van der Waals surface area contributed by atoms with E-state index in [1.807, 2.05) is 24.3 Å². The average molecular weight is 331 g/mol. The number of benzene rings is 2. The van der Waals surface area contributed by atoms with E-state index in [0.717, 1.165) is 6.42 Å². The number of amides is 2. The Hall–Kier alpha value is -2.68. The first-order chi connectivity index (χ1) is 11.8. The summed E-state index contributed by atoms with van der Waals surface area (Å²) in [7, 11) is 0. The van der Waals surface area contributed by atoms with Crippen LogP contribution in [0.5, 0.6) is 0 Å². The van der Waals surface area contributed by atoms with E-state index >= 15 is 0 Å². The highest BCUT2D eigenvalue weighted by atomic mass is 16.2. The summed E-state index contributed by atoms with van der Waals surface area (Å²) >= 11 is 0. The highest BCUT2D eigenvalue weighted by Gasteiger charge is 2.45. The Morgan fingerprint density at radius 2 is 1.36 bits per heavy atom. The highest BCUT2D eigenvalue weighted by Crippen LogP contribution is 2.52. The predicted octanol–water partition coefficient (Wildman–Crippen LogP) is 4.10. The number of carbonyl (C=O) groups excluding carboxylic acids is 2. The molecule has 126 valence electrons. The van der Waals surface area contributed by atoms with Crippen molar-refractivity contribution in [3.05, 3.63) is 77.4 Å². The predicted molar refractivity (Wildman–Crippen MR) is 98.6 cm³/mol. The molecular formula is C22H21NO2. The summed E-state index contributed by atoms with van der Waals surface area (Å²) in [6.07, 6.45) is 3.66. The van der Waals surface area contributed by atoms with Gasteiger partial charge in [-0.1, -0.05) is 57.2 Å². The molecule has 4 rings (SSSR count). The number of carbonyl (C=O) groups is 2. The fourth-order valence-corrected chi connectivity index (χ4v) is 4.52. The molecule has 25 heavy (non-hydrogen) atoms. The molecule has 2 amide bonds. The van der Waals surface area contributed by atoms with Gasteiger partial charge in [0.05, 0.1) is 5.69 Å². The first kappa shape index (κ1) is 15.8. The average Bonchev–Trinajstić information content (AvgIpc) is 3.03. The first-order valence-electron chi connectivity index (χ1n) is 8.60. The summed E-state index contributed by atoms with van der Waals surface area (Å²) in [5.41, 5.74) is 4.64. The summed E-state index contributed by atoms with van der Waals surface area (Å²) in [5, 5.41) is 0. The van der Waals surface area contributed by atoms with Crippen molar-refractivity contribution in [2.75, 3.05) is 4.90 Å². The fraction of sp³-hybridized carbons (Fsp3) is 0.273. The second-order valence-electron chi connectivity index (χ2n) is 7.83. The van der Waals surface area contributed by atoms with Crippen LogP contribution in [0.25, 0.3) is 0 Å². The quantitative estimate of drug-likeness (QED) is 0.777. The third-order valence-electron chi connectivity index (χ3n) is 5.62. The third kappa shape index (κ3) is 2.26. The Balaban J connectivity index is 1.74. The minimum absolute atomic E-state index is 0.0735. The Labute approximate surface area is 148 Å². The second kappa shape index (κ2) is 5.16. The lowest BCUT2D eigenvalue weighted by atomic mass is 9.75. The molecule has 2 aromatic rings. The molecule has 3 nitrogen and oxygen atoms in total. The van der Waals surface area contributed by atoms with Crippen LogP contribution in [0.4, 0.5) is 5.69 Å². The van der Waals surface area contributed by atoms with Crippen molar-refractivity contribution in [1.29, 1.82) is 0 Å². The minimum atomic E-state index is -0.281. The van der Waals surface area contributed by atoms with Crippen LogP contribution in [0, 0.1) is 0 Å². The molecule has 1 aliphatic carbocycles. The lowest BCUT2D eigenvalue weighted by Gasteiger charge is -2.29. The van der Waals surface area contributed by atoms with Crippen LogP contribution in [-0.2, 0) is 20.4 Å². The van der Waals surface area contributed by atoms with Crippen LogP contribution in [-0.4, -0.2) is 11.8 Å². The van der Waals surface area contributed by atoms with Crippen molar-refractivity contribution in [2.24, 2.45) is 0 Å². The molecular weight excluding hydrogens is 310 g/mol. The maximum Gasteiger partial charge on any atom is 0.258 e. The Kier molecular flexibility index (Phi) is 3.26. The number of anilines is 1. The number of imide groups is 1.